The molecule has 2 atom stereocenters. The van der Waals surface area contributed by atoms with Crippen LogP contribution in [0.5, 0.6) is 0 Å². The second-order valence-corrected chi connectivity index (χ2v) is 4.45. The van der Waals surface area contributed by atoms with E-state index in [0.717, 1.165) is 0 Å². The van der Waals surface area contributed by atoms with Crippen molar-refractivity contribution in [1.29, 1.82) is 0 Å². The summed E-state index contributed by atoms with van der Waals surface area (Å²) in [5.41, 5.74) is 14.7. The Morgan fingerprint density at radius 3 is 1.85 bits per heavy atom. The summed E-state index contributed by atoms with van der Waals surface area (Å²) in [4.78, 5) is 0. The fourth-order valence-electron chi connectivity index (χ4n) is 0.955. The van der Waals surface area contributed by atoms with Crippen molar-refractivity contribution in [3.05, 3.63) is 0 Å². The Bertz CT molecular complexity index is 219. The molecule has 8 heteroatoms. The summed E-state index contributed by atoms with van der Waals surface area (Å²) in [6, 6.07) is 0. The summed E-state index contributed by atoms with van der Waals surface area (Å²) in [6.45, 7) is 0.537. The number of hydrazone groups is 2. The van der Waals surface area contributed by atoms with Gasteiger partial charge in [0.1, 0.15) is 17.7 Å². The predicted octanol–water partition coefficient (Wildman–Crippen LogP) is -0.587. The van der Waals surface area contributed by atoms with Gasteiger partial charge in [-0.05, 0) is 0 Å². The zero-order valence-electron chi connectivity index (χ0n) is 6.78. The van der Waals surface area contributed by atoms with Gasteiger partial charge in [0, 0.05) is 0 Å². The Hall–Kier alpha value is -0.440. The molecule has 2 aliphatic heterocycles. The zero-order valence-corrected chi connectivity index (χ0v) is 8.41. The Kier molecular flexibility index (Phi) is 2.63. The zero-order chi connectivity index (χ0) is 9.26. The van der Waals surface area contributed by atoms with E-state index < -0.39 is 0 Å². The van der Waals surface area contributed by atoms with E-state index in [4.69, 9.17) is 11.5 Å². The standard InChI is InChI=1S/C5H10N6S2/c6-4-10(8-1-12-4)3-11-5(7)13-2-9-11/h1-2,4-5H,3,6-7H2. The molecule has 2 heterocycles. The van der Waals surface area contributed by atoms with Gasteiger partial charge >= 0.3 is 0 Å². The monoisotopic (exact) mass is 218 g/mol. The lowest BCUT2D eigenvalue weighted by Crippen LogP contribution is -2.43. The van der Waals surface area contributed by atoms with Crippen LogP contribution >= 0.6 is 23.5 Å². The summed E-state index contributed by atoms with van der Waals surface area (Å²) in [5.74, 6) is 0. The minimum atomic E-state index is -0.118. The number of thioether (sulfide) groups is 2. The van der Waals surface area contributed by atoms with E-state index in [1.54, 1.807) is 21.1 Å². The lowest BCUT2D eigenvalue weighted by atomic mass is 10.8. The fraction of sp³-hybridized carbons (Fsp3) is 0.600. The van der Waals surface area contributed by atoms with E-state index in [-0.39, 0.29) is 11.0 Å². The number of hydrogen-bond acceptors (Lipinski definition) is 8. The van der Waals surface area contributed by atoms with Gasteiger partial charge < -0.3 is 11.5 Å². The molecule has 0 aromatic heterocycles. The molecule has 0 bridgehead atoms. The van der Waals surface area contributed by atoms with Crippen LogP contribution in [0.1, 0.15) is 0 Å². The topological polar surface area (TPSA) is 83.2 Å². The van der Waals surface area contributed by atoms with Gasteiger partial charge in [-0.1, -0.05) is 23.5 Å². The minimum absolute atomic E-state index is 0.118. The molecular weight excluding hydrogens is 208 g/mol. The van der Waals surface area contributed by atoms with E-state index in [1.165, 1.54) is 23.5 Å². The van der Waals surface area contributed by atoms with Gasteiger partial charge in [0.25, 0.3) is 0 Å². The Balaban J connectivity index is 1.90. The van der Waals surface area contributed by atoms with Gasteiger partial charge in [0.2, 0.25) is 0 Å². The van der Waals surface area contributed by atoms with Crippen LogP contribution in [0, 0.1) is 0 Å². The third kappa shape index (κ3) is 1.90. The first-order chi connectivity index (χ1) is 6.27. The van der Waals surface area contributed by atoms with Crippen molar-refractivity contribution in [2.75, 3.05) is 6.67 Å². The molecule has 0 spiro atoms. The van der Waals surface area contributed by atoms with Crippen molar-refractivity contribution < 1.29 is 0 Å². The molecule has 6 nitrogen and oxygen atoms in total. The molecule has 0 aliphatic carbocycles. The third-order valence-electron chi connectivity index (χ3n) is 1.67. The molecule has 0 aromatic rings. The van der Waals surface area contributed by atoms with Crippen molar-refractivity contribution in [1.82, 2.24) is 10.0 Å². The first kappa shape index (κ1) is 9.13. The van der Waals surface area contributed by atoms with Crippen LogP contribution in [0.15, 0.2) is 10.2 Å². The summed E-state index contributed by atoms with van der Waals surface area (Å²) < 4.78 is 0. The van der Waals surface area contributed by atoms with Crippen LogP contribution < -0.4 is 11.5 Å². The molecule has 2 unspecified atom stereocenters. The second-order valence-electron chi connectivity index (χ2n) is 2.52. The highest BCUT2D eigenvalue weighted by Gasteiger charge is 2.24. The highest BCUT2D eigenvalue weighted by molar-refractivity contribution is 8.13. The molecule has 2 aliphatic rings. The van der Waals surface area contributed by atoms with Crippen LogP contribution in [0.3, 0.4) is 0 Å². The molecule has 13 heavy (non-hydrogen) atoms. The van der Waals surface area contributed by atoms with Crippen LogP contribution in [0.2, 0.25) is 0 Å². The largest absolute Gasteiger partial charge is 0.301 e. The van der Waals surface area contributed by atoms with Gasteiger partial charge in [-0.25, -0.2) is 10.0 Å². The highest BCUT2D eigenvalue weighted by atomic mass is 32.2. The summed E-state index contributed by atoms with van der Waals surface area (Å²) in [7, 11) is 0. The molecule has 0 amide bonds. The van der Waals surface area contributed by atoms with Crippen LogP contribution in [0.4, 0.5) is 0 Å². The summed E-state index contributed by atoms with van der Waals surface area (Å²) in [6.07, 6.45) is 0. The highest BCUT2D eigenvalue weighted by Crippen LogP contribution is 2.21. The SMILES string of the molecule is NC1SC=NN1CN1N=CSC1N. The molecule has 0 aromatic carbocycles. The average molecular weight is 218 g/mol. The molecule has 2 rings (SSSR count). The van der Waals surface area contributed by atoms with Crippen molar-refractivity contribution in [2.24, 2.45) is 21.7 Å². The normalized spacial score (nSPS) is 32.2. The average Bonchev–Trinajstić information content (AvgIpc) is 2.65. The Labute approximate surface area is 84.4 Å². The molecule has 72 valence electrons. The van der Waals surface area contributed by atoms with Crippen molar-refractivity contribution in [3.8, 4) is 0 Å². The first-order valence-electron chi connectivity index (χ1n) is 3.67. The summed E-state index contributed by atoms with van der Waals surface area (Å²) >= 11 is 2.95. The van der Waals surface area contributed by atoms with E-state index in [0.29, 0.717) is 6.67 Å². The first-order valence-corrected chi connectivity index (χ1v) is 5.56. The lowest BCUT2D eigenvalue weighted by molar-refractivity contribution is 0.130. The van der Waals surface area contributed by atoms with E-state index in [1.807, 2.05) is 0 Å². The van der Waals surface area contributed by atoms with Crippen molar-refractivity contribution >= 4 is 34.6 Å². The third-order valence-corrected chi connectivity index (χ3v) is 3.15. The molecule has 4 N–H and O–H groups in total. The van der Waals surface area contributed by atoms with E-state index in [9.17, 15) is 0 Å². The van der Waals surface area contributed by atoms with Gasteiger partial charge in [-0.15, -0.1) is 0 Å². The Morgan fingerprint density at radius 2 is 1.54 bits per heavy atom. The summed E-state index contributed by atoms with van der Waals surface area (Å²) in [5, 5.41) is 11.6. The van der Waals surface area contributed by atoms with E-state index >= 15 is 0 Å². The number of nitrogens with two attached hydrogens (primary N) is 2. The van der Waals surface area contributed by atoms with Gasteiger partial charge in [0.05, 0.1) is 11.1 Å². The van der Waals surface area contributed by atoms with Gasteiger partial charge in [-0.2, -0.15) is 10.2 Å². The molecule has 0 saturated heterocycles. The molecule has 0 saturated carbocycles. The smallest absolute Gasteiger partial charge is 0.149 e. The van der Waals surface area contributed by atoms with Crippen LogP contribution in [-0.4, -0.2) is 38.8 Å². The number of hydrogen-bond donors (Lipinski definition) is 2. The van der Waals surface area contributed by atoms with Crippen molar-refractivity contribution in [3.63, 3.8) is 0 Å². The molecular formula is C5H10N6S2. The maximum atomic E-state index is 5.74. The van der Waals surface area contributed by atoms with Gasteiger partial charge in [-0.3, -0.25) is 0 Å². The lowest BCUT2D eigenvalue weighted by Gasteiger charge is -2.26. The van der Waals surface area contributed by atoms with Gasteiger partial charge in [0.15, 0.2) is 0 Å². The quantitative estimate of drug-likeness (QED) is 0.645. The minimum Gasteiger partial charge on any atom is -0.301 e. The van der Waals surface area contributed by atoms with Crippen LogP contribution in [-0.2, 0) is 0 Å². The number of nitrogens with zero attached hydrogens (tertiary/aromatic N) is 4. The second kappa shape index (κ2) is 3.74. The fourth-order valence-corrected chi connectivity index (χ4v) is 2.08. The maximum absolute atomic E-state index is 5.74. The van der Waals surface area contributed by atoms with E-state index in [2.05, 4.69) is 10.2 Å². The molecule has 0 radical (unpaired) electrons. The number of rotatable bonds is 2. The Morgan fingerprint density at radius 1 is 1.08 bits per heavy atom. The van der Waals surface area contributed by atoms with Crippen LogP contribution in [0.25, 0.3) is 0 Å². The van der Waals surface area contributed by atoms with Crippen molar-refractivity contribution in [2.45, 2.75) is 11.0 Å². The maximum Gasteiger partial charge on any atom is 0.149 e. The predicted molar refractivity (Wildman–Crippen MR) is 56.7 cm³/mol. The molecule has 0 fully saturated rings.